The largest absolute Gasteiger partial charge is 0.537 e. The first-order valence-corrected chi connectivity index (χ1v) is 33.0. The molecule has 2 aromatic carbocycles. The fourth-order valence-electron chi connectivity index (χ4n) is 6.04. The lowest BCUT2D eigenvalue weighted by Crippen LogP contribution is -2.92. The molecule has 21 heteroatoms. The minimum absolute atomic E-state index is 0.597. The number of hydrogen-bond acceptors (Lipinski definition) is 16. The van der Waals surface area contributed by atoms with E-state index >= 15 is 0 Å². The average Bonchev–Trinajstić information content (AvgIpc) is 3.19. The van der Waals surface area contributed by atoms with Gasteiger partial charge in [0.25, 0.3) is 0 Å². The van der Waals surface area contributed by atoms with Crippen molar-refractivity contribution in [2.24, 2.45) is 0 Å². The van der Waals surface area contributed by atoms with Crippen molar-refractivity contribution in [3.05, 3.63) is 54.1 Å². The third kappa shape index (κ3) is 15.9. The van der Waals surface area contributed by atoms with Crippen molar-refractivity contribution >= 4 is 106 Å². The van der Waals surface area contributed by atoms with Crippen molar-refractivity contribution in [2.75, 3.05) is 84.0 Å². The van der Waals surface area contributed by atoms with Crippen LogP contribution in [0.2, 0.25) is 12.1 Å². The second-order valence-corrected chi connectivity index (χ2v) is 30.5. The summed E-state index contributed by atoms with van der Waals surface area (Å²) in [5.41, 5.74) is 1.22. The molecular formula is C37H70O12S4Si5. The van der Waals surface area contributed by atoms with E-state index in [0.29, 0.717) is 39.6 Å². The molecule has 3 fully saturated rings. The van der Waals surface area contributed by atoms with Gasteiger partial charge in [0, 0.05) is 100 Å². The van der Waals surface area contributed by atoms with Gasteiger partial charge in [-0.1, -0.05) is 75.7 Å². The Balaban J connectivity index is 0.000000324. The van der Waals surface area contributed by atoms with Gasteiger partial charge in [-0.15, -0.1) is 0 Å². The topological polar surface area (TPSA) is 111 Å². The van der Waals surface area contributed by atoms with E-state index in [0.717, 1.165) is 69.9 Å². The fraction of sp³-hybridized carbons (Fsp3) is 0.676. The lowest BCUT2D eigenvalue weighted by molar-refractivity contribution is -0.0207. The Hall–Kier alpha value is 0.444. The lowest BCUT2D eigenvalue weighted by Gasteiger charge is -2.63. The van der Waals surface area contributed by atoms with Crippen LogP contribution in [0, 0.1) is 6.92 Å². The summed E-state index contributed by atoms with van der Waals surface area (Å²) in [5, 5.41) is 2.93. The molecule has 3 heterocycles. The highest BCUT2D eigenvalue weighted by Crippen LogP contribution is 2.49. The standard InChI is InChI=1S/C15H26O6S3Si3.C13H22O3Si.C9H22O3SSi/c1-16-26(17-2,18-3)14-6-8-15(9-7-14)27-19-25(20-27,21-27)13-5-12-24-23-11-4-10-22;1-5-14-17(15-6-2,16-7-3)13-10-8-12(4)9-11-13;1-4-10-14(11-5-2,12-6-3)9-7-8-13/h6-9,22H,4-5,10-13H2,1-3H3;8-11H,5-7H2,1-4H3;13H,4-9H2,1-3H3. The monoisotopic (exact) mass is 974 g/mol. The van der Waals surface area contributed by atoms with E-state index < -0.39 is 44.0 Å². The van der Waals surface area contributed by atoms with Crippen LogP contribution in [0.5, 0.6) is 0 Å². The minimum atomic E-state index is -2.81. The van der Waals surface area contributed by atoms with Crippen LogP contribution in [-0.2, 0) is 52.2 Å². The summed E-state index contributed by atoms with van der Waals surface area (Å²) in [6.07, 6.45) is 3.21. The van der Waals surface area contributed by atoms with Gasteiger partial charge in [-0.3, -0.25) is 0 Å². The van der Waals surface area contributed by atoms with Crippen LogP contribution in [0.4, 0.5) is 0 Å². The molecule has 334 valence electrons. The van der Waals surface area contributed by atoms with Gasteiger partial charge in [-0.05, 0) is 79.2 Å². The summed E-state index contributed by atoms with van der Waals surface area (Å²) in [6.45, 7) is 17.6. The third-order valence-electron chi connectivity index (χ3n) is 8.59. The van der Waals surface area contributed by atoms with E-state index in [2.05, 4.69) is 44.3 Å². The normalized spacial score (nSPS) is 18.7. The maximum absolute atomic E-state index is 6.16. The van der Waals surface area contributed by atoms with Crippen LogP contribution in [0.1, 0.15) is 66.4 Å². The smallest absolute Gasteiger partial charge is 0.374 e. The highest BCUT2D eigenvalue weighted by atomic mass is 33.1. The van der Waals surface area contributed by atoms with Crippen LogP contribution in [-0.4, -0.2) is 128 Å². The Kier molecular flexibility index (Phi) is 27.3. The van der Waals surface area contributed by atoms with Crippen LogP contribution in [0.25, 0.3) is 0 Å². The van der Waals surface area contributed by atoms with Crippen LogP contribution in [0.3, 0.4) is 0 Å². The predicted molar refractivity (Wildman–Crippen MR) is 255 cm³/mol. The molecule has 0 saturated carbocycles. The molecule has 12 nitrogen and oxygen atoms in total. The van der Waals surface area contributed by atoms with Gasteiger partial charge in [0.15, 0.2) is 0 Å². The van der Waals surface area contributed by atoms with Crippen molar-refractivity contribution in [2.45, 2.75) is 79.8 Å². The van der Waals surface area contributed by atoms with Crippen molar-refractivity contribution < 1.29 is 52.2 Å². The summed E-state index contributed by atoms with van der Waals surface area (Å²) in [7, 11) is -4.10. The highest BCUT2D eigenvalue weighted by molar-refractivity contribution is 8.76. The number of rotatable bonds is 29. The zero-order valence-electron chi connectivity index (χ0n) is 36.3. The van der Waals surface area contributed by atoms with Crippen LogP contribution >= 0.6 is 46.8 Å². The Morgan fingerprint density at radius 3 is 1.38 bits per heavy atom. The van der Waals surface area contributed by atoms with Gasteiger partial charge in [-0.2, -0.15) is 25.3 Å². The van der Waals surface area contributed by atoms with Crippen molar-refractivity contribution in [3.63, 3.8) is 0 Å². The quantitative estimate of drug-likeness (QED) is 0.0394. The maximum Gasteiger partial charge on any atom is 0.537 e. The van der Waals surface area contributed by atoms with Crippen LogP contribution < -0.4 is 15.6 Å². The van der Waals surface area contributed by atoms with E-state index in [1.54, 1.807) is 21.3 Å². The van der Waals surface area contributed by atoms with Gasteiger partial charge in [-0.25, -0.2) is 0 Å². The van der Waals surface area contributed by atoms with E-state index in [4.69, 9.17) is 52.2 Å². The molecule has 0 atom stereocenters. The molecule has 58 heavy (non-hydrogen) atoms. The summed E-state index contributed by atoms with van der Waals surface area (Å²) < 4.78 is 69.5. The molecule has 3 aliphatic heterocycles. The maximum atomic E-state index is 6.16. The molecule has 3 saturated heterocycles. The summed E-state index contributed by atoms with van der Waals surface area (Å²) >= 11 is 8.41. The average molecular weight is 976 g/mol. The number of aryl methyl sites for hydroxylation is 1. The second kappa shape index (κ2) is 29.0. The fourth-order valence-corrected chi connectivity index (χ4v) is 25.1. The van der Waals surface area contributed by atoms with Gasteiger partial charge >= 0.3 is 44.0 Å². The van der Waals surface area contributed by atoms with Gasteiger partial charge < -0.3 is 52.2 Å². The molecule has 0 unspecified atom stereocenters. The van der Waals surface area contributed by atoms with Gasteiger partial charge in [0.2, 0.25) is 0 Å². The third-order valence-corrected chi connectivity index (χ3v) is 29.6. The Bertz CT molecular complexity index is 1310. The first-order valence-electron chi connectivity index (χ1n) is 20.2. The first kappa shape index (κ1) is 54.6. The van der Waals surface area contributed by atoms with Gasteiger partial charge in [0.1, 0.15) is 0 Å². The molecule has 0 aromatic heterocycles. The molecule has 0 N–H and O–H groups in total. The Morgan fingerprint density at radius 2 is 0.966 bits per heavy atom. The van der Waals surface area contributed by atoms with Crippen LogP contribution in [0.15, 0.2) is 48.5 Å². The molecule has 5 rings (SSSR count). The summed E-state index contributed by atoms with van der Waals surface area (Å²) in [4.78, 5) is 0. The van der Waals surface area contributed by atoms with E-state index in [1.807, 2.05) is 99.5 Å². The minimum Gasteiger partial charge on any atom is -0.374 e. The number of thiol groups is 2. The van der Waals surface area contributed by atoms with Gasteiger partial charge in [0.05, 0.1) is 0 Å². The van der Waals surface area contributed by atoms with Crippen molar-refractivity contribution in [1.29, 1.82) is 0 Å². The Labute approximate surface area is 374 Å². The van der Waals surface area contributed by atoms with E-state index in [1.165, 1.54) is 5.56 Å². The number of benzene rings is 2. The molecule has 0 aliphatic carbocycles. The van der Waals surface area contributed by atoms with E-state index in [9.17, 15) is 0 Å². The molecule has 2 bridgehead atoms. The zero-order valence-corrected chi connectivity index (χ0v) is 44.8. The summed E-state index contributed by atoms with van der Waals surface area (Å²) in [5.74, 6) is 4.06. The highest BCUT2D eigenvalue weighted by Gasteiger charge is 2.82. The first-order chi connectivity index (χ1) is 28.0. The molecule has 0 radical (unpaired) electrons. The molecule has 3 aliphatic rings. The molecule has 0 amide bonds. The predicted octanol–water partition coefficient (Wildman–Crippen LogP) is 6.63. The Morgan fingerprint density at radius 1 is 0.552 bits per heavy atom. The molecule has 2 aromatic rings. The second-order valence-electron chi connectivity index (χ2n) is 12.6. The van der Waals surface area contributed by atoms with Crippen molar-refractivity contribution in [3.8, 4) is 0 Å². The molecular weight excluding hydrogens is 905 g/mol. The molecule has 0 spiro atoms. The number of hydrogen-bond donors (Lipinski definition) is 2. The van der Waals surface area contributed by atoms with Crippen molar-refractivity contribution in [1.82, 2.24) is 0 Å². The lowest BCUT2D eigenvalue weighted by atomic mass is 10.2. The SMILES string of the molecule is CCO[Si](CCCS)(OCC)OCC.CCO[Si](OCC)(OCC)c1ccc(C)cc1.CO[Si](OC)(OC)c1ccc([Si]23O[Si](CCCSSCCCS)(O2)O3)cc1. The summed E-state index contributed by atoms with van der Waals surface area (Å²) in [6, 6.07) is 17.9. The zero-order chi connectivity index (χ0) is 43.0. The van der Waals surface area contributed by atoms with E-state index in [-0.39, 0.29) is 0 Å².